The van der Waals surface area contributed by atoms with E-state index >= 15 is 0 Å². The maximum atomic E-state index is 9.72. The Balaban J connectivity index is 1.67. The third kappa shape index (κ3) is 5.23. The Labute approximate surface area is 164 Å². The highest BCUT2D eigenvalue weighted by Gasteiger charge is 2.03. The van der Waals surface area contributed by atoms with Gasteiger partial charge in [-0.1, -0.05) is 0 Å². The van der Waals surface area contributed by atoms with E-state index in [0.717, 1.165) is 0 Å². The first kappa shape index (κ1) is 19.2. The summed E-state index contributed by atoms with van der Waals surface area (Å²) < 4.78 is 0. The second-order valence-corrected chi connectivity index (χ2v) is 5.72. The summed E-state index contributed by atoms with van der Waals surface area (Å²) in [5.74, 6) is 0.0947. The molecular formula is C18H17N7O4. The summed E-state index contributed by atoms with van der Waals surface area (Å²) in [4.78, 5) is 7.94. The van der Waals surface area contributed by atoms with Gasteiger partial charge in [0.05, 0.1) is 12.4 Å². The topological polar surface area (TPSA) is 182 Å². The Kier molecular flexibility index (Phi) is 5.59. The highest BCUT2D eigenvalue weighted by Crippen LogP contribution is 2.22. The lowest BCUT2D eigenvalue weighted by Crippen LogP contribution is -2.03. The van der Waals surface area contributed by atoms with Gasteiger partial charge in [-0.05, 0) is 24.3 Å². The van der Waals surface area contributed by atoms with Crippen molar-refractivity contribution in [3.63, 3.8) is 0 Å². The van der Waals surface area contributed by atoms with Gasteiger partial charge >= 0.3 is 0 Å². The molecule has 0 amide bonds. The number of phenols is 4. The van der Waals surface area contributed by atoms with Crippen LogP contribution in [0, 0.1) is 0 Å². The zero-order valence-electron chi connectivity index (χ0n) is 14.9. The molecule has 8 N–H and O–H groups in total. The molecule has 1 heterocycles. The SMILES string of the molecule is Nc1nc(NN=Cc2ccc(O)cc2O)cc(NN=Cc2ccc(O)cc2O)n1. The van der Waals surface area contributed by atoms with Crippen LogP contribution >= 0.6 is 0 Å². The van der Waals surface area contributed by atoms with Crippen LogP contribution < -0.4 is 16.6 Å². The monoisotopic (exact) mass is 395 g/mol. The van der Waals surface area contributed by atoms with Crippen molar-refractivity contribution in [2.45, 2.75) is 0 Å². The molecule has 0 bridgehead atoms. The van der Waals surface area contributed by atoms with E-state index < -0.39 is 0 Å². The van der Waals surface area contributed by atoms with Crippen molar-refractivity contribution in [3.05, 3.63) is 53.6 Å². The number of nitrogens with two attached hydrogens (primary N) is 1. The van der Waals surface area contributed by atoms with E-state index in [4.69, 9.17) is 5.73 Å². The van der Waals surface area contributed by atoms with E-state index in [1.807, 2.05) is 0 Å². The van der Waals surface area contributed by atoms with Crippen molar-refractivity contribution < 1.29 is 20.4 Å². The minimum Gasteiger partial charge on any atom is -0.508 e. The van der Waals surface area contributed by atoms with Gasteiger partial charge in [-0.25, -0.2) is 0 Å². The van der Waals surface area contributed by atoms with Crippen LogP contribution in [-0.2, 0) is 0 Å². The molecule has 0 aliphatic heterocycles. The van der Waals surface area contributed by atoms with Gasteiger partial charge in [-0.15, -0.1) is 0 Å². The lowest BCUT2D eigenvalue weighted by molar-refractivity contribution is 0.449. The molecular weight excluding hydrogens is 378 g/mol. The number of nitrogens with one attached hydrogen (secondary N) is 2. The third-order valence-corrected chi connectivity index (χ3v) is 3.54. The standard InChI is InChI=1S/C18H17N7O4/c19-18-22-16(24-20-8-10-1-3-12(26)5-14(10)28)7-17(23-18)25-21-9-11-2-4-13(27)6-15(11)29/h1-9,26-29H,(H4,19,22,23,24,25). The number of hydrogen-bond acceptors (Lipinski definition) is 11. The number of aromatic nitrogens is 2. The minimum atomic E-state index is -0.132. The van der Waals surface area contributed by atoms with Gasteiger partial charge in [-0.3, -0.25) is 10.9 Å². The molecule has 0 spiro atoms. The molecule has 1 aromatic heterocycles. The second-order valence-electron chi connectivity index (χ2n) is 5.72. The largest absolute Gasteiger partial charge is 0.508 e. The molecule has 2 aromatic carbocycles. The van der Waals surface area contributed by atoms with Crippen LogP contribution in [0.3, 0.4) is 0 Å². The Bertz CT molecular complexity index is 1000. The van der Waals surface area contributed by atoms with Crippen LogP contribution in [0.1, 0.15) is 11.1 Å². The minimum absolute atomic E-state index is 0.0390. The third-order valence-electron chi connectivity index (χ3n) is 3.54. The summed E-state index contributed by atoms with van der Waals surface area (Å²) in [6, 6.07) is 9.67. The molecule has 0 aliphatic carbocycles. The van der Waals surface area contributed by atoms with Gasteiger partial charge in [0.25, 0.3) is 0 Å². The summed E-state index contributed by atoms with van der Waals surface area (Å²) >= 11 is 0. The van der Waals surface area contributed by atoms with E-state index in [-0.39, 0.29) is 40.6 Å². The number of phenolic OH excluding ortho intramolecular Hbond substituents is 4. The molecule has 11 heteroatoms. The number of nitrogens with zero attached hydrogens (tertiary/aromatic N) is 4. The number of hydrogen-bond donors (Lipinski definition) is 7. The van der Waals surface area contributed by atoms with E-state index in [9.17, 15) is 20.4 Å². The average Bonchev–Trinajstić information content (AvgIpc) is 2.65. The smallest absolute Gasteiger partial charge is 0.224 e. The number of aromatic hydroxyl groups is 4. The van der Waals surface area contributed by atoms with E-state index in [1.54, 1.807) is 0 Å². The molecule has 0 radical (unpaired) electrons. The quantitative estimate of drug-likeness (QED) is 0.242. The summed E-state index contributed by atoms with van der Waals surface area (Å²) in [6.07, 6.45) is 2.68. The average molecular weight is 395 g/mol. The molecule has 11 nitrogen and oxygen atoms in total. The molecule has 0 saturated carbocycles. The van der Waals surface area contributed by atoms with Crippen molar-refractivity contribution in [2.24, 2.45) is 10.2 Å². The van der Waals surface area contributed by atoms with Gasteiger partial charge < -0.3 is 26.2 Å². The highest BCUT2D eigenvalue weighted by atomic mass is 16.3. The molecule has 0 atom stereocenters. The molecule has 0 aliphatic rings. The van der Waals surface area contributed by atoms with Crippen molar-refractivity contribution in [1.29, 1.82) is 0 Å². The predicted octanol–water partition coefficient (Wildman–Crippen LogP) is 1.77. The zero-order valence-corrected chi connectivity index (χ0v) is 14.9. The molecule has 3 aromatic rings. The maximum absolute atomic E-state index is 9.72. The molecule has 0 saturated heterocycles. The highest BCUT2D eigenvalue weighted by molar-refractivity contribution is 5.85. The predicted molar refractivity (Wildman–Crippen MR) is 108 cm³/mol. The van der Waals surface area contributed by atoms with Crippen molar-refractivity contribution in [2.75, 3.05) is 16.6 Å². The fraction of sp³-hybridized carbons (Fsp3) is 0. The first-order valence-corrected chi connectivity index (χ1v) is 8.17. The van der Waals surface area contributed by atoms with Crippen molar-refractivity contribution >= 4 is 30.0 Å². The number of anilines is 3. The van der Waals surface area contributed by atoms with Crippen LogP contribution in [0.4, 0.5) is 17.6 Å². The van der Waals surface area contributed by atoms with Gasteiger partial charge in [0, 0.05) is 29.3 Å². The van der Waals surface area contributed by atoms with Crippen LogP contribution in [0.25, 0.3) is 0 Å². The normalized spacial score (nSPS) is 11.2. The van der Waals surface area contributed by atoms with Crippen molar-refractivity contribution in [1.82, 2.24) is 9.97 Å². The molecule has 0 unspecified atom stereocenters. The Morgan fingerprint density at radius 1 is 0.724 bits per heavy atom. The van der Waals surface area contributed by atoms with Crippen LogP contribution in [0.2, 0.25) is 0 Å². The molecule has 148 valence electrons. The van der Waals surface area contributed by atoms with E-state index in [2.05, 4.69) is 31.0 Å². The maximum Gasteiger partial charge on any atom is 0.224 e. The fourth-order valence-electron chi connectivity index (χ4n) is 2.20. The number of rotatable bonds is 6. The summed E-state index contributed by atoms with van der Waals surface area (Å²) in [7, 11) is 0. The Morgan fingerprint density at radius 2 is 1.17 bits per heavy atom. The van der Waals surface area contributed by atoms with E-state index in [0.29, 0.717) is 11.1 Å². The van der Waals surface area contributed by atoms with Crippen LogP contribution in [-0.4, -0.2) is 42.8 Å². The Morgan fingerprint density at radius 3 is 1.59 bits per heavy atom. The summed E-state index contributed by atoms with van der Waals surface area (Å²) in [5, 5.41) is 45.9. The number of hydrazone groups is 2. The van der Waals surface area contributed by atoms with Gasteiger partial charge in [0.1, 0.15) is 23.0 Å². The van der Waals surface area contributed by atoms with Crippen LogP contribution in [0.15, 0.2) is 52.7 Å². The fourth-order valence-corrected chi connectivity index (χ4v) is 2.20. The van der Waals surface area contributed by atoms with Gasteiger partial charge in [-0.2, -0.15) is 20.2 Å². The molecule has 3 rings (SSSR count). The number of nitrogen functional groups attached to an aromatic ring is 1. The lowest BCUT2D eigenvalue weighted by atomic mass is 10.2. The first-order valence-electron chi connectivity index (χ1n) is 8.17. The zero-order chi connectivity index (χ0) is 20.8. The second kappa shape index (κ2) is 8.43. The van der Waals surface area contributed by atoms with Gasteiger partial charge in [0.15, 0.2) is 11.6 Å². The molecule has 0 fully saturated rings. The first-order chi connectivity index (χ1) is 13.9. The lowest BCUT2D eigenvalue weighted by Gasteiger charge is -2.05. The summed E-state index contributed by atoms with van der Waals surface area (Å²) in [5.41, 5.74) is 11.7. The van der Waals surface area contributed by atoms with Gasteiger partial charge in [0.2, 0.25) is 5.95 Å². The van der Waals surface area contributed by atoms with E-state index in [1.165, 1.54) is 54.9 Å². The summed E-state index contributed by atoms with van der Waals surface area (Å²) in [6.45, 7) is 0. The molecule has 29 heavy (non-hydrogen) atoms. The Hall–Kier alpha value is -4.54. The van der Waals surface area contributed by atoms with Crippen molar-refractivity contribution in [3.8, 4) is 23.0 Å². The van der Waals surface area contributed by atoms with Crippen LogP contribution in [0.5, 0.6) is 23.0 Å². The number of benzene rings is 2.